The second-order valence-electron chi connectivity index (χ2n) is 10.2. The monoisotopic (exact) mass is 537 g/mol. The number of carbonyl (C=O) groups excluding carboxylic acids is 1. The van der Waals surface area contributed by atoms with Gasteiger partial charge in [0, 0.05) is 29.1 Å². The van der Waals surface area contributed by atoms with Gasteiger partial charge in [-0.2, -0.15) is 0 Å². The fourth-order valence-electron chi connectivity index (χ4n) is 4.55. The Morgan fingerprint density at radius 1 is 1.06 bits per heavy atom. The highest BCUT2D eigenvalue weighted by Crippen LogP contribution is 2.43. The van der Waals surface area contributed by atoms with Crippen molar-refractivity contribution in [2.45, 2.75) is 63.7 Å². The maximum Gasteiger partial charge on any atom is 0.463 e. The van der Waals surface area contributed by atoms with Crippen molar-refractivity contribution in [3.8, 4) is 0 Å². The summed E-state index contributed by atoms with van der Waals surface area (Å²) in [5, 5.41) is 0. The lowest BCUT2D eigenvalue weighted by atomic mass is 9.64. The topological polar surface area (TPSA) is 48.0 Å². The SMILES string of the molecule is COC(=O)C1=CN(Cc2ccccc2Br)[C@@H]([C@@H](Cc2ccccc2)B2OC(C)(C)C(C)(C)O2)C=C1. The highest BCUT2D eigenvalue weighted by Gasteiger charge is 2.55. The van der Waals surface area contributed by atoms with Crippen LogP contribution in [0.1, 0.15) is 38.8 Å². The van der Waals surface area contributed by atoms with Crippen molar-refractivity contribution in [2.75, 3.05) is 7.11 Å². The number of esters is 1. The van der Waals surface area contributed by atoms with Crippen LogP contribution in [0.5, 0.6) is 0 Å². The van der Waals surface area contributed by atoms with Crippen LogP contribution in [-0.2, 0) is 31.8 Å². The second kappa shape index (κ2) is 10.3. The van der Waals surface area contributed by atoms with Crippen molar-refractivity contribution in [1.82, 2.24) is 4.90 Å². The molecule has 0 unspecified atom stereocenters. The van der Waals surface area contributed by atoms with Gasteiger partial charge >= 0.3 is 13.1 Å². The summed E-state index contributed by atoms with van der Waals surface area (Å²) in [7, 11) is 0.994. The first-order valence-corrected chi connectivity index (χ1v) is 12.8. The number of nitrogens with zero attached hydrogens (tertiary/aromatic N) is 1. The summed E-state index contributed by atoms with van der Waals surface area (Å²) in [5.41, 5.74) is 1.98. The lowest BCUT2D eigenvalue weighted by Gasteiger charge is -2.38. The summed E-state index contributed by atoms with van der Waals surface area (Å²) in [6.45, 7) is 8.94. The minimum absolute atomic E-state index is 0.0207. The fourth-order valence-corrected chi connectivity index (χ4v) is 4.96. The van der Waals surface area contributed by atoms with Gasteiger partial charge in [0.05, 0.1) is 23.9 Å². The third-order valence-corrected chi connectivity index (χ3v) is 8.04. The van der Waals surface area contributed by atoms with Gasteiger partial charge in [-0.15, -0.1) is 0 Å². The molecule has 1 saturated heterocycles. The molecule has 0 saturated carbocycles. The van der Waals surface area contributed by atoms with E-state index in [4.69, 9.17) is 14.0 Å². The molecule has 0 radical (unpaired) electrons. The molecular formula is C28H33BBrNO4. The van der Waals surface area contributed by atoms with E-state index in [-0.39, 0.29) is 17.8 Å². The molecule has 2 aromatic rings. The van der Waals surface area contributed by atoms with Crippen LogP contribution in [0, 0.1) is 0 Å². The number of carbonyl (C=O) groups is 1. The molecule has 2 aromatic carbocycles. The lowest BCUT2D eigenvalue weighted by Crippen LogP contribution is -2.43. The predicted octanol–water partition coefficient (Wildman–Crippen LogP) is 5.95. The van der Waals surface area contributed by atoms with Crippen molar-refractivity contribution < 1.29 is 18.8 Å². The number of ether oxygens (including phenoxy) is 1. The Hall–Kier alpha value is -2.35. The molecule has 2 atom stereocenters. The van der Waals surface area contributed by atoms with E-state index in [0.29, 0.717) is 12.1 Å². The molecule has 7 heteroatoms. The molecule has 2 aliphatic rings. The molecule has 2 heterocycles. The van der Waals surface area contributed by atoms with Gasteiger partial charge in [-0.05, 0) is 57.4 Å². The van der Waals surface area contributed by atoms with Crippen molar-refractivity contribution in [2.24, 2.45) is 0 Å². The number of halogens is 1. The summed E-state index contributed by atoms with van der Waals surface area (Å²) in [5.74, 6) is -0.375. The largest absolute Gasteiger partial charge is 0.465 e. The molecule has 0 amide bonds. The molecule has 2 aliphatic heterocycles. The Morgan fingerprint density at radius 3 is 2.31 bits per heavy atom. The number of methoxy groups -OCH3 is 1. The molecule has 0 N–H and O–H groups in total. The maximum atomic E-state index is 12.4. The Bertz CT molecular complexity index is 1100. The van der Waals surface area contributed by atoms with Gasteiger partial charge in [-0.25, -0.2) is 4.79 Å². The van der Waals surface area contributed by atoms with Crippen LogP contribution in [0.4, 0.5) is 0 Å². The first-order valence-electron chi connectivity index (χ1n) is 12.0. The van der Waals surface area contributed by atoms with Crippen LogP contribution < -0.4 is 0 Å². The third kappa shape index (κ3) is 5.58. The molecular weight excluding hydrogens is 505 g/mol. The first kappa shape index (κ1) is 25.7. The molecule has 0 spiro atoms. The lowest BCUT2D eigenvalue weighted by molar-refractivity contribution is -0.135. The summed E-state index contributed by atoms with van der Waals surface area (Å²) >= 11 is 3.68. The number of benzene rings is 2. The molecule has 5 nitrogen and oxygen atoms in total. The van der Waals surface area contributed by atoms with Crippen molar-refractivity contribution >= 4 is 29.0 Å². The number of hydrogen-bond donors (Lipinski definition) is 0. The van der Waals surface area contributed by atoms with E-state index in [1.54, 1.807) is 0 Å². The van der Waals surface area contributed by atoms with E-state index in [9.17, 15) is 4.79 Å². The zero-order valence-electron chi connectivity index (χ0n) is 21.0. The zero-order chi connectivity index (χ0) is 25.2. The standard InChI is InChI=1S/C28H33BBrNO4/c1-27(2)28(3,4)35-29(34-27)23(17-20-11-7-6-8-12-20)25-16-15-22(26(32)33-5)19-31(25)18-21-13-9-10-14-24(21)30/h6-16,19,23,25H,17-18H2,1-5H3/t23-,25-/m1/s1. The molecule has 0 bridgehead atoms. The summed E-state index contributed by atoms with van der Waals surface area (Å²) < 4.78 is 19.2. The highest BCUT2D eigenvalue weighted by molar-refractivity contribution is 9.10. The van der Waals surface area contributed by atoms with Crippen molar-refractivity contribution in [3.05, 3.63) is 94.1 Å². The van der Waals surface area contributed by atoms with E-state index >= 15 is 0 Å². The fraction of sp³-hybridized carbons (Fsp3) is 0.393. The molecule has 0 aromatic heterocycles. The van der Waals surface area contributed by atoms with Gasteiger partial charge in [0.2, 0.25) is 0 Å². The molecule has 184 valence electrons. The van der Waals surface area contributed by atoms with Crippen LogP contribution in [0.15, 0.2) is 83.0 Å². The van der Waals surface area contributed by atoms with Gasteiger partial charge in [-0.3, -0.25) is 0 Å². The minimum atomic E-state index is -0.439. The van der Waals surface area contributed by atoms with Gasteiger partial charge in [0.15, 0.2) is 0 Å². The van der Waals surface area contributed by atoms with Crippen LogP contribution >= 0.6 is 15.9 Å². The average Bonchev–Trinajstić information content (AvgIpc) is 3.05. The molecule has 4 rings (SSSR count). The number of rotatable bonds is 7. The van der Waals surface area contributed by atoms with E-state index in [0.717, 1.165) is 16.5 Å². The highest BCUT2D eigenvalue weighted by atomic mass is 79.9. The predicted molar refractivity (Wildman–Crippen MR) is 143 cm³/mol. The number of hydrogen-bond acceptors (Lipinski definition) is 5. The Kier molecular flexibility index (Phi) is 7.60. The smallest absolute Gasteiger partial charge is 0.463 e. The van der Waals surface area contributed by atoms with Crippen LogP contribution in [0.3, 0.4) is 0 Å². The third-order valence-electron chi connectivity index (χ3n) is 7.27. The van der Waals surface area contributed by atoms with E-state index < -0.39 is 18.3 Å². The van der Waals surface area contributed by atoms with E-state index in [2.05, 4.69) is 84.9 Å². The quantitative estimate of drug-likeness (QED) is 0.322. The van der Waals surface area contributed by atoms with Gasteiger partial charge in [0.25, 0.3) is 0 Å². The van der Waals surface area contributed by atoms with Gasteiger partial charge < -0.3 is 18.9 Å². The van der Waals surface area contributed by atoms with Crippen LogP contribution in [0.25, 0.3) is 0 Å². The van der Waals surface area contributed by atoms with Gasteiger partial charge in [0.1, 0.15) is 0 Å². The maximum absolute atomic E-state index is 12.4. The van der Waals surface area contributed by atoms with Crippen molar-refractivity contribution in [1.29, 1.82) is 0 Å². The molecule has 35 heavy (non-hydrogen) atoms. The summed E-state index contributed by atoms with van der Waals surface area (Å²) in [6, 6.07) is 18.5. The minimum Gasteiger partial charge on any atom is -0.465 e. The Labute approximate surface area is 217 Å². The molecule has 0 aliphatic carbocycles. The zero-order valence-corrected chi connectivity index (χ0v) is 22.6. The van der Waals surface area contributed by atoms with Crippen LogP contribution in [-0.4, -0.2) is 42.3 Å². The average molecular weight is 538 g/mol. The van der Waals surface area contributed by atoms with Gasteiger partial charge in [-0.1, -0.05) is 70.5 Å². The van der Waals surface area contributed by atoms with E-state index in [1.165, 1.54) is 12.7 Å². The Morgan fingerprint density at radius 2 is 1.69 bits per heavy atom. The van der Waals surface area contributed by atoms with E-state index in [1.807, 2.05) is 36.5 Å². The second-order valence-corrected chi connectivity index (χ2v) is 11.0. The Balaban J connectivity index is 1.73. The normalized spacial score (nSPS) is 21.5. The van der Waals surface area contributed by atoms with Crippen molar-refractivity contribution in [3.63, 3.8) is 0 Å². The first-order chi connectivity index (χ1) is 16.6. The summed E-state index contributed by atoms with van der Waals surface area (Å²) in [6.07, 6.45) is 6.61. The van der Waals surface area contributed by atoms with Crippen LogP contribution in [0.2, 0.25) is 5.82 Å². The molecule has 1 fully saturated rings. The summed E-state index contributed by atoms with van der Waals surface area (Å²) in [4.78, 5) is 14.6.